The van der Waals surface area contributed by atoms with Gasteiger partial charge in [0.1, 0.15) is 0 Å². The van der Waals surface area contributed by atoms with Crippen molar-refractivity contribution in [3.05, 3.63) is 53.6 Å². The molecule has 2 saturated heterocycles. The Morgan fingerprint density at radius 3 is 2.31 bits per heavy atom. The monoisotopic (exact) mass is 509 g/mol. The predicted molar refractivity (Wildman–Crippen MR) is 129 cm³/mol. The highest BCUT2D eigenvalue weighted by molar-refractivity contribution is 7.92. The zero-order chi connectivity index (χ0) is 25.2. The quantitative estimate of drug-likeness (QED) is 0.589. The molecule has 1 N–H and O–H groups in total. The summed E-state index contributed by atoms with van der Waals surface area (Å²) in [5.41, 5.74) is 0.257. The number of hydrogen-bond donors (Lipinski definition) is 1. The number of piperidine rings is 2. The van der Waals surface area contributed by atoms with E-state index in [-0.39, 0.29) is 11.6 Å². The van der Waals surface area contributed by atoms with Gasteiger partial charge in [0, 0.05) is 37.6 Å². The fourth-order valence-corrected chi connectivity index (χ4v) is 5.71. The van der Waals surface area contributed by atoms with E-state index in [2.05, 4.69) is 16.5 Å². The number of amides is 1. The Balaban J connectivity index is 1.66. The molecule has 2 fully saturated rings. The highest BCUT2D eigenvalue weighted by atomic mass is 32.2. The van der Waals surface area contributed by atoms with Gasteiger partial charge in [0.15, 0.2) is 0 Å². The molecule has 190 valence electrons. The fourth-order valence-electron chi connectivity index (χ4n) is 4.62. The third kappa shape index (κ3) is 5.91. The summed E-state index contributed by atoms with van der Waals surface area (Å²) in [5.74, 6) is 0.449. The van der Waals surface area contributed by atoms with Gasteiger partial charge in [-0.3, -0.25) is 9.52 Å². The predicted octanol–water partition coefficient (Wildman–Crippen LogP) is 5.37. The van der Waals surface area contributed by atoms with Crippen molar-refractivity contribution >= 4 is 27.3 Å². The summed E-state index contributed by atoms with van der Waals surface area (Å²) < 4.78 is 67.4. The van der Waals surface area contributed by atoms with Crippen LogP contribution in [0.5, 0.6) is 0 Å². The van der Waals surface area contributed by atoms with Crippen molar-refractivity contribution in [2.24, 2.45) is 5.92 Å². The van der Waals surface area contributed by atoms with Gasteiger partial charge < -0.3 is 9.80 Å². The molecular weight excluding hydrogens is 479 g/mol. The molecule has 0 saturated carbocycles. The smallest absolute Gasteiger partial charge is 0.371 e. The summed E-state index contributed by atoms with van der Waals surface area (Å²) in [6.07, 6.45) is 0.251. The molecule has 2 heterocycles. The molecule has 0 unspecified atom stereocenters. The Kier molecular flexibility index (Phi) is 7.30. The SMILES string of the molecule is CC1CCN(c2ccc(NS(=O)(=O)c3cccc(C(F)(F)F)c3)cc2C(=O)N2CCCCC2)CC1. The van der Waals surface area contributed by atoms with Crippen molar-refractivity contribution in [1.82, 2.24) is 4.90 Å². The van der Waals surface area contributed by atoms with E-state index in [0.29, 0.717) is 30.6 Å². The zero-order valence-corrected chi connectivity index (χ0v) is 20.5. The van der Waals surface area contributed by atoms with E-state index >= 15 is 0 Å². The lowest BCUT2D eigenvalue weighted by atomic mass is 9.97. The largest absolute Gasteiger partial charge is 0.416 e. The molecule has 2 aliphatic heterocycles. The first-order valence-corrected chi connectivity index (χ1v) is 13.4. The Bertz CT molecular complexity index is 1170. The molecule has 6 nitrogen and oxygen atoms in total. The first kappa shape index (κ1) is 25.3. The highest BCUT2D eigenvalue weighted by Crippen LogP contribution is 2.33. The first-order chi connectivity index (χ1) is 16.5. The maximum Gasteiger partial charge on any atom is 0.416 e. The van der Waals surface area contributed by atoms with Gasteiger partial charge in [-0.2, -0.15) is 13.2 Å². The van der Waals surface area contributed by atoms with E-state index in [1.165, 1.54) is 6.07 Å². The summed E-state index contributed by atoms with van der Waals surface area (Å²) in [4.78, 5) is 16.9. The number of benzene rings is 2. The van der Waals surface area contributed by atoms with E-state index in [1.54, 1.807) is 17.0 Å². The van der Waals surface area contributed by atoms with Crippen LogP contribution in [0.1, 0.15) is 54.9 Å². The van der Waals surface area contributed by atoms with Crippen LogP contribution >= 0.6 is 0 Å². The van der Waals surface area contributed by atoms with Gasteiger partial charge in [-0.25, -0.2) is 8.42 Å². The molecular formula is C25H30F3N3O3S. The number of alkyl halides is 3. The van der Waals surface area contributed by atoms with Crippen LogP contribution in [-0.2, 0) is 16.2 Å². The number of carbonyl (C=O) groups excluding carboxylic acids is 1. The molecule has 0 radical (unpaired) electrons. The molecule has 10 heteroatoms. The number of rotatable bonds is 5. The molecule has 0 spiro atoms. The number of nitrogens with one attached hydrogen (secondary N) is 1. The van der Waals surface area contributed by atoms with Crippen LogP contribution in [0.25, 0.3) is 0 Å². The van der Waals surface area contributed by atoms with Crippen molar-refractivity contribution < 1.29 is 26.4 Å². The summed E-state index contributed by atoms with van der Waals surface area (Å²) >= 11 is 0. The molecule has 0 aromatic heterocycles. The average molecular weight is 510 g/mol. The molecule has 1 amide bonds. The number of carbonyl (C=O) groups is 1. The van der Waals surface area contributed by atoms with E-state index in [9.17, 15) is 26.4 Å². The standard InChI is InChI=1S/C25H30F3N3O3S/c1-18-10-14-30(15-11-18)23-9-8-20(17-22(23)24(32)31-12-3-2-4-13-31)29-35(33,34)21-7-5-6-19(16-21)25(26,27)28/h5-9,16-18,29H,2-4,10-15H2,1H3. The van der Waals surface area contributed by atoms with Crippen molar-refractivity contribution in [2.75, 3.05) is 35.8 Å². The number of nitrogens with zero attached hydrogens (tertiary/aromatic N) is 2. The summed E-state index contributed by atoms with van der Waals surface area (Å²) in [7, 11) is -4.30. The first-order valence-electron chi connectivity index (χ1n) is 11.9. The lowest BCUT2D eigenvalue weighted by molar-refractivity contribution is -0.137. The van der Waals surface area contributed by atoms with Crippen molar-refractivity contribution in [3.8, 4) is 0 Å². The van der Waals surface area contributed by atoms with Gasteiger partial charge in [0.2, 0.25) is 0 Å². The Morgan fingerprint density at radius 1 is 0.971 bits per heavy atom. The lowest BCUT2D eigenvalue weighted by Crippen LogP contribution is -2.38. The van der Waals surface area contributed by atoms with E-state index in [4.69, 9.17) is 0 Å². The van der Waals surface area contributed by atoms with Crippen LogP contribution in [0.4, 0.5) is 24.5 Å². The molecule has 0 aliphatic carbocycles. The second-order valence-corrected chi connectivity index (χ2v) is 11.1. The molecule has 2 aliphatic rings. The van der Waals surface area contributed by atoms with Crippen molar-refractivity contribution in [2.45, 2.75) is 50.1 Å². The number of hydrogen-bond acceptors (Lipinski definition) is 4. The number of likely N-dealkylation sites (tertiary alicyclic amines) is 1. The van der Waals surface area contributed by atoms with Gasteiger partial charge in [-0.05, 0) is 74.4 Å². The van der Waals surface area contributed by atoms with Crippen LogP contribution in [0.2, 0.25) is 0 Å². The van der Waals surface area contributed by atoms with Crippen LogP contribution in [-0.4, -0.2) is 45.4 Å². The molecule has 2 aromatic carbocycles. The summed E-state index contributed by atoms with van der Waals surface area (Å²) in [6, 6.07) is 8.40. The molecule has 0 bridgehead atoms. The minimum absolute atomic E-state index is 0.136. The molecule has 2 aromatic rings. The van der Waals surface area contributed by atoms with Crippen LogP contribution in [0, 0.1) is 5.92 Å². The second kappa shape index (κ2) is 10.1. The highest BCUT2D eigenvalue weighted by Gasteiger charge is 2.32. The number of anilines is 2. The lowest BCUT2D eigenvalue weighted by Gasteiger charge is -2.35. The topological polar surface area (TPSA) is 69.7 Å². The minimum atomic E-state index is -4.66. The third-order valence-electron chi connectivity index (χ3n) is 6.72. The summed E-state index contributed by atoms with van der Waals surface area (Å²) in [6.45, 7) is 5.10. The average Bonchev–Trinajstić information content (AvgIpc) is 2.84. The van der Waals surface area contributed by atoms with Gasteiger partial charge >= 0.3 is 6.18 Å². The molecule has 4 rings (SSSR count). The van der Waals surface area contributed by atoms with Gasteiger partial charge in [-0.15, -0.1) is 0 Å². The molecule has 0 atom stereocenters. The van der Waals surface area contributed by atoms with Gasteiger partial charge in [-0.1, -0.05) is 13.0 Å². The van der Waals surface area contributed by atoms with Gasteiger partial charge in [0.25, 0.3) is 15.9 Å². The normalized spacial score (nSPS) is 17.9. The maximum absolute atomic E-state index is 13.5. The van der Waals surface area contributed by atoms with Gasteiger partial charge in [0.05, 0.1) is 16.0 Å². The fraction of sp³-hybridized carbons (Fsp3) is 0.480. The van der Waals surface area contributed by atoms with E-state index in [1.807, 2.05) is 0 Å². The van der Waals surface area contributed by atoms with E-state index < -0.39 is 26.7 Å². The Morgan fingerprint density at radius 2 is 1.66 bits per heavy atom. The van der Waals surface area contributed by atoms with E-state index in [0.717, 1.165) is 69.1 Å². The van der Waals surface area contributed by atoms with Crippen molar-refractivity contribution in [3.63, 3.8) is 0 Å². The maximum atomic E-state index is 13.5. The van der Waals surface area contributed by atoms with Crippen LogP contribution in [0.15, 0.2) is 47.4 Å². The van der Waals surface area contributed by atoms with Crippen molar-refractivity contribution in [1.29, 1.82) is 0 Å². The second-order valence-electron chi connectivity index (χ2n) is 9.39. The Hall–Kier alpha value is -2.75. The molecule has 35 heavy (non-hydrogen) atoms. The number of sulfonamides is 1. The van der Waals surface area contributed by atoms with Crippen LogP contribution in [0.3, 0.4) is 0 Å². The Labute approximate surface area is 204 Å². The van der Waals surface area contributed by atoms with Crippen LogP contribution < -0.4 is 9.62 Å². The summed E-state index contributed by atoms with van der Waals surface area (Å²) in [5, 5.41) is 0. The zero-order valence-electron chi connectivity index (χ0n) is 19.6. The number of halogens is 3. The third-order valence-corrected chi connectivity index (χ3v) is 8.10. The minimum Gasteiger partial charge on any atom is -0.371 e.